The van der Waals surface area contributed by atoms with Crippen LogP contribution in [0.5, 0.6) is 5.75 Å². The highest BCUT2D eigenvalue weighted by molar-refractivity contribution is 5.59. The number of ether oxygens (including phenoxy) is 1. The molecule has 5 heteroatoms. The van der Waals surface area contributed by atoms with Gasteiger partial charge in [0.05, 0.1) is 24.7 Å². The zero-order chi connectivity index (χ0) is 14.2. The van der Waals surface area contributed by atoms with Gasteiger partial charge < -0.3 is 10.1 Å². The first-order chi connectivity index (χ1) is 10.3. The number of aromatic nitrogens is 2. The van der Waals surface area contributed by atoms with E-state index in [1.165, 1.54) is 6.20 Å². The molecule has 108 valence electrons. The molecule has 2 aromatic heterocycles. The third kappa shape index (κ3) is 2.38. The molecular weight excluding hydrogens is 269 g/mol. The molecule has 0 radical (unpaired) electrons. The number of hydrogen-bond donors (Lipinski definition) is 1. The lowest BCUT2D eigenvalue weighted by Crippen LogP contribution is -2.17. The highest BCUT2D eigenvalue weighted by Gasteiger charge is 2.52. The minimum Gasteiger partial charge on any atom is -0.492 e. The highest BCUT2D eigenvalue weighted by Crippen LogP contribution is 2.48. The summed E-state index contributed by atoms with van der Waals surface area (Å²) in [7, 11) is 0. The van der Waals surface area contributed by atoms with Crippen molar-refractivity contribution in [3.8, 4) is 17.0 Å². The van der Waals surface area contributed by atoms with Gasteiger partial charge in [0.2, 0.25) is 0 Å². The number of piperidine rings is 1. The molecule has 2 fully saturated rings. The normalized spacial score (nSPS) is 26.4. The molecule has 1 aliphatic carbocycles. The Morgan fingerprint density at radius 2 is 2.05 bits per heavy atom. The van der Waals surface area contributed by atoms with Crippen LogP contribution in [0.1, 0.15) is 0 Å². The Morgan fingerprint density at radius 3 is 2.76 bits per heavy atom. The topological polar surface area (TPSA) is 47.0 Å². The van der Waals surface area contributed by atoms with Gasteiger partial charge in [-0.25, -0.2) is 4.39 Å². The molecule has 0 spiro atoms. The molecule has 0 bridgehead atoms. The average molecular weight is 285 g/mol. The summed E-state index contributed by atoms with van der Waals surface area (Å²) < 4.78 is 19.4. The van der Waals surface area contributed by atoms with Crippen LogP contribution in [-0.4, -0.2) is 29.7 Å². The van der Waals surface area contributed by atoms with E-state index in [-0.39, 0.29) is 5.82 Å². The van der Waals surface area contributed by atoms with E-state index < -0.39 is 0 Å². The third-order valence-corrected chi connectivity index (χ3v) is 4.50. The van der Waals surface area contributed by atoms with Gasteiger partial charge in [-0.1, -0.05) is 0 Å². The summed E-state index contributed by atoms with van der Waals surface area (Å²) in [6, 6.07) is 5.25. The maximum absolute atomic E-state index is 13.6. The second-order valence-corrected chi connectivity index (χ2v) is 5.70. The molecule has 0 aromatic carbocycles. The van der Waals surface area contributed by atoms with Crippen molar-refractivity contribution in [2.75, 3.05) is 19.7 Å². The van der Waals surface area contributed by atoms with Crippen LogP contribution in [0.2, 0.25) is 0 Å². The van der Waals surface area contributed by atoms with Gasteiger partial charge in [0, 0.05) is 17.7 Å². The lowest BCUT2D eigenvalue weighted by Gasteiger charge is -2.08. The average Bonchev–Trinajstić information content (AvgIpc) is 2.94. The summed E-state index contributed by atoms with van der Waals surface area (Å²) in [5.74, 6) is 2.65. The van der Waals surface area contributed by atoms with E-state index in [9.17, 15) is 4.39 Å². The Balaban J connectivity index is 1.41. The van der Waals surface area contributed by atoms with E-state index in [1.54, 1.807) is 24.5 Å². The predicted molar refractivity (Wildman–Crippen MR) is 76.3 cm³/mol. The number of halogens is 1. The monoisotopic (exact) mass is 285 g/mol. The largest absolute Gasteiger partial charge is 0.492 e. The zero-order valence-corrected chi connectivity index (χ0v) is 11.5. The van der Waals surface area contributed by atoms with Crippen molar-refractivity contribution in [3.63, 3.8) is 0 Å². The maximum atomic E-state index is 13.6. The SMILES string of the molecule is Fc1cnccc1-c1ccc(OC[C@@H]2C3CNC[C@H]32)cn1. The summed E-state index contributed by atoms with van der Waals surface area (Å²) in [5.41, 5.74) is 1.05. The first kappa shape index (κ1) is 12.7. The van der Waals surface area contributed by atoms with Gasteiger partial charge in [-0.05, 0) is 43.1 Å². The number of nitrogens with one attached hydrogen (secondary N) is 1. The Hall–Kier alpha value is -2.01. The van der Waals surface area contributed by atoms with Gasteiger partial charge in [-0.15, -0.1) is 0 Å². The number of pyridine rings is 2. The van der Waals surface area contributed by atoms with Crippen molar-refractivity contribution >= 4 is 0 Å². The van der Waals surface area contributed by atoms with Crippen molar-refractivity contribution in [1.29, 1.82) is 0 Å². The van der Waals surface area contributed by atoms with Crippen LogP contribution in [0.15, 0.2) is 36.8 Å². The fraction of sp³-hybridized carbons (Fsp3) is 0.375. The quantitative estimate of drug-likeness (QED) is 0.935. The molecule has 1 aliphatic heterocycles. The second-order valence-electron chi connectivity index (χ2n) is 5.70. The van der Waals surface area contributed by atoms with Crippen molar-refractivity contribution < 1.29 is 9.13 Å². The van der Waals surface area contributed by atoms with Crippen LogP contribution in [0.4, 0.5) is 4.39 Å². The third-order valence-electron chi connectivity index (χ3n) is 4.50. The molecule has 1 unspecified atom stereocenters. The molecule has 4 rings (SSSR count). The molecule has 0 amide bonds. The Kier molecular flexibility index (Phi) is 3.07. The smallest absolute Gasteiger partial charge is 0.150 e. The van der Waals surface area contributed by atoms with E-state index in [0.29, 0.717) is 17.2 Å². The maximum Gasteiger partial charge on any atom is 0.150 e. The Labute approximate surface area is 122 Å². The molecular formula is C16H16FN3O. The van der Waals surface area contributed by atoms with Crippen molar-refractivity contribution in [2.45, 2.75) is 0 Å². The van der Waals surface area contributed by atoms with Crippen LogP contribution < -0.4 is 10.1 Å². The van der Waals surface area contributed by atoms with Crippen molar-refractivity contribution in [2.24, 2.45) is 17.8 Å². The van der Waals surface area contributed by atoms with Crippen molar-refractivity contribution in [1.82, 2.24) is 15.3 Å². The van der Waals surface area contributed by atoms with Gasteiger partial charge in [0.25, 0.3) is 0 Å². The van der Waals surface area contributed by atoms with E-state index in [4.69, 9.17) is 4.74 Å². The minimum atomic E-state index is -0.364. The zero-order valence-electron chi connectivity index (χ0n) is 11.5. The van der Waals surface area contributed by atoms with Gasteiger partial charge >= 0.3 is 0 Å². The van der Waals surface area contributed by atoms with Gasteiger partial charge in [-0.3, -0.25) is 9.97 Å². The van der Waals surface area contributed by atoms with E-state index in [1.807, 2.05) is 6.07 Å². The summed E-state index contributed by atoms with van der Waals surface area (Å²) >= 11 is 0. The van der Waals surface area contributed by atoms with E-state index >= 15 is 0 Å². The van der Waals surface area contributed by atoms with Crippen LogP contribution in [0.3, 0.4) is 0 Å². The molecule has 1 N–H and O–H groups in total. The van der Waals surface area contributed by atoms with Crippen molar-refractivity contribution in [3.05, 3.63) is 42.6 Å². The van der Waals surface area contributed by atoms with E-state index in [2.05, 4.69) is 15.3 Å². The minimum absolute atomic E-state index is 0.364. The summed E-state index contributed by atoms with van der Waals surface area (Å²) in [4.78, 5) is 8.01. The molecule has 4 nitrogen and oxygen atoms in total. The van der Waals surface area contributed by atoms with Crippen LogP contribution >= 0.6 is 0 Å². The second kappa shape index (κ2) is 5.07. The van der Waals surface area contributed by atoms with Gasteiger partial charge in [0.15, 0.2) is 5.82 Å². The number of rotatable bonds is 4. The Morgan fingerprint density at radius 1 is 1.19 bits per heavy atom. The summed E-state index contributed by atoms with van der Waals surface area (Å²) in [6.07, 6.45) is 4.41. The summed E-state index contributed by atoms with van der Waals surface area (Å²) in [6.45, 7) is 3.00. The molecule has 1 saturated heterocycles. The number of fused-ring (bicyclic) bond motifs is 1. The molecule has 3 heterocycles. The number of hydrogen-bond acceptors (Lipinski definition) is 4. The van der Waals surface area contributed by atoms with Gasteiger partial charge in [0.1, 0.15) is 5.75 Å². The first-order valence-corrected chi connectivity index (χ1v) is 7.22. The van der Waals surface area contributed by atoms with Crippen LogP contribution in [-0.2, 0) is 0 Å². The van der Waals surface area contributed by atoms with E-state index in [0.717, 1.165) is 37.3 Å². The first-order valence-electron chi connectivity index (χ1n) is 7.22. The molecule has 2 aromatic rings. The highest BCUT2D eigenvalue weighted by atomic mass is 19.1. The predicted octanol–water partition coefficient (Wildman–Crippen LogP) is 2.13. The standard InChI is InChI=1S/C16H16FN3O/c17-15-8-18-4-3-11(15)16-2-1-10(5-20-16)21-9-14-12-6-19-7-13(12)14/h1-5,8,12-14,19H,6-7,9H2/t12-,13?,14+/m1/s1. The molecule has 21 heavy (non-hydrogen) atoms. The fourth-order valence-corrected chi connectivity index (χ4v) is 3.19. The summed E-state index contributed by atoms with van der Waals surface area (Å²) in [5, 5.41) is 3.37. The van der Waals surface area contributed by atoms with Crippen LogP contribution in [0.25, 0.3) is 11.3 Å². The molecule has 2 aliphatic rings. The Bertz CT molecular complexity index is 636. The lowest BCUT2D eigenvalue weighted by atomic mass is 10.2. The van der Waals surface area contributed by atoms with Gasteiger partial charge in [-0.2, -0.15) is 0 Å². The lowest BCUT2D eigenvalue weighted by molar-refractivity contribution is 0.279. The molecule has 3 atom stereocenters. The van der Waals surface area contributed by atoms with Crippen LogP contribution in [0, 0.1) is 23.6 Å². The molecule has 1 saturated carbocycles. The number of nitrogens with zero attached hydrogens (tertiary/aromatic N) is 2. The fourth-order valence-electron chi connectivity index (χ4n) is 3.19.